The molecule has 0 N–H and O–H groups in total. The lowest BCUT2D eigenvalue weighted by molar-refractivity contribution is 0.596. The minimum absolute atomic E-state index is 0.207. The monoisotopic (exact) mass is 115 g/mol. The fourth-order valence-corrected chi connectivity index (χ4v) is 0. The van der Waals surface area contributed by atoms with E-state index in [0.717, 1.165) is 0 Å². The maximum absolute atomic E-state index is 11.0. The van der Waals surface area contributed by atoms with Crippen LogP contribution in [0, 0.1) is 5.63 Å². The molecule has 0 bridgehead atoms. The summed E-state index contributed by atoms with van der Waals surface area (Å²) in [5, 5.41) is 0. The predicted molar refractivity (Wildman–Crippen MR) is 20.9 cm³/mol. The Morgan fingerprint density at radius 1 is 1.80 bits per heavy atom. The molecular weight excluding hydrogens is 114 g/mol. The standard InChI is InChI=1S/C2H2Cl2F/c3-1-2(4)5/h1H2. The molecule has 0 nitrogen and oxygen atoms in total. The second-order valence-electron chi connectivity index (χ2n) is 0.472. The van der Waals surface area contributed by atoms with Crippen molar-refractivity contribution in [3.63, 3.8) is 0 Å². The van der Waals surface area contributed by atoms with E-state index >= 15 is 0 Å². The second-order valence-corrected chi connectivity index (χ2v) is 1.15. The van der Waals surface area contributed by atoms with Crippen LogP contribution in [0.3, 0.4) is 0 Å². The summed E-state index contributed by atoms with van der Waals surface area (Å²) in [5.41, 5.74) is -0.758. The SMILES string of the molecule is F[C](Cl)CCl. The van der Waals surface area contributed by atoms with Crippen molar-refractivity contribution in [1.29, 1.82) is 0 Å². The van der Waals surface area contributed by atoms with Crippen molar-refractivity contribution >= 4 is 23.2 Å². The van der Waals surface area contributed by atoms with Gasteiger partial charge in [0.05, 0.1) is 5.88 Å². The first-order valence-corrected chi connectivity index (χ1v) is 1.91. The summed E-state index contributed by atoms with van der Waals surface area (Å²) in [7, 11) is 0. The molecule has 0 aliphatic carbocycles. The van der Waals surface area contributed by atoms with Crippen LogP contribution in [0.5, 0.6) is 0 Å². The van der Waals surface area contributed by atoms with E-state index in [0.29, 0.717) is 0 Å². The van der Waals surface area contributed by atoms with Crippen LogP contribution in [0.2, 0.25) is 0 Å². The Morgan fingerprint density at radius 2 is 2.00 bits per heavy atom. The summed E-state index contributed by atoms with van der Waals surface area (Å²) in [6.45, 7) is 0. The highest BCUT2D eigenvalue weighted by atomic mass is 35.5. The van der Waals surface area contributed by atoms with Gasteiger partial charge in [-0.05, 0) is 0 Å². The molecular formula is C2H2Cl2F. The molecule has 0 unspecified atom stereocenters. The molecule has 3 heteroatoms. The van der Waals surface area contributed by atoms with Crippen LogP contribution in [-0.4, -0.2) is 5.88 Å². The van der Waals surface area contributed by atoms with Crippen molar-refractivity contribution in [2.75, 3.05) is 5.88 Å². The largest absolute Gasteiger partial charge is 0.245 e. The number of hydrogen-bond acceptors (Lipinski definition) is 0. The highest BCUT2D eigenvalue weighted by Crippen LogP contribution is 2.07. The molecule has 0 rings (SSSR count). The summed E-state index contributed by atoms with van der Waals surface area (Å²) in [4.78, 5) is 0. The van der Waals surface area contributed by atoms with E-state index in [9.17, 15) is 4.39 Å². The van der Waals surface area contributed by atoms with E-state index in [4.69, 9.17) is 11.6 Å². The molecule has 0 amide bonds. The van der Waals surface area contributed by atoms with Gasteiger partial charge >= 0.3 is 0 Å². The smallest absolute Gasteiger partial charge is 0.220 e. The summed E-state index contributed by atoms with van der Waals surface area (Å²) in [6, 6.07) is 0. The van der Waals surface area contributed by atoms with Crippen molar-refractivity contribution in [2.24, 2.45) is 0 Å². The molecule has 0 aromatic heterocycles. The molecule has 0 aliphatic rings. The Bertz CT molecular complexity index is 21.6. The maximum Gasteiger partial charge on any atom is 0.245 e. The lowest BCUT2D eigenvalue weighted by Crippen LogP contribution is -1.71. The number of rotatable bonds is 1. The minimum atomic E-state index is -0.758. The van der Waals surface area contributed by atoms with E-state index < -0.39 is 5.63 Å². The van der Waals surface area contributed by atoms with Gasteiger partial charge in [-0.3, -0.25) is 0 Å². The summed E-state index contributed by atoms with van der Waals surface area (Å²) in [6.07, 6.45) is 0. The fourth-order valence-electron chi connectivity index (χ4n) is 0. The molecule has 0 aromatic carbocycles. The molecule has 0 spiro atoms. The molecule has 0 saturated heterocycles. The van der Waals surface area contributed by atoms with Gasteiger partial charge in [0.1, 0.15) is 0 Å². The van der Waals surface area contributed by atoms with Gasteiger partial charge in [-0.15, -0.1) is 11.6 Å². The summed E-state index contributed by atoms with van der Waals surface area (Å²) in [5.74, 6) is -0.207. The van der Waals surface area contributed by atoms with Crippen LogP contribution >= 0.6 is 23.2 Å². The Hall–Kier alpha value is 0.510. The second kappa shape index (κ2) is 2.73. The topological polar surface area (TPSA) is 0 Å². The molecule has 31 valence electrons. The van der Waals surface area contributed by atoms with Gasteiger partial charge in [0.2, 0.25) is 5.63 Å². The third-order valence-corrected chi connectivity index (χ3v) is 0.606. The van der Waals surface area contributed by atoms with Crippen molar-refractivity contribution in [1.82, 2.24) is 0 Å². The van der Waals surface area contributed by atoms with E-state index in [-0.39, 0.29) is 5.88 Å². The molecule has 5 heavy (non-hydrogen) atoms. The maximum atomic E-state index is 11.0. The number of hydrogen-bond donors (Lipinski definition) is 0. The summed E-state index contributed by atoms with van der Waals surface area (Å²) < 4.78 is 11.0. The zero-order valence-corrected chi connectivity index (χ0v) is 3.85. The third kappa shape index (κ3) is 4.51. The Balaban J connectivity index is 2.54. The highest BCUT2D eigenvalue weighted by Gasteiger charge is 1.94. The van der Waals surface area contributed by atoms with Gasteiger partial charge in [0, 0.05) is 0 Å². The van der Waals surface area contributed by atoms with Gasteiger partial charge in [-0.2, -0.15) is 0 Å². The van der Waals surface area contributed by atoms with E-state index in [1.165, 1.54) is 0 Å². The first kappa shape index (κ1) is 5.51. The fraction of sp³-hybridized carbons (Fsp3) is 0.500. The van der Waals surface area contributed by atoms with Gasteiger partial charge in [0.15, 0.2) is 0 Å². The molecule has 0 aromatic rings. The summed E-state index contributed by atoms with van der Waals surface area (Å²) >= 11 is 9.37. The highest BCUT2D eigenvalue weighted by molar-refractivity contribution is 6.32. The first-order valence-electron chi connectivity index (χ1n) is 0.999. The first-order chi connectivity index (χ1) is 2.27. The van der Waals surface area contributed by atoms with E-state index in [2.05, 4.69) is 11.6 Å². The Morgan fingerprint density at radius 3 is 2.00 bits per heavy atom. The molecule has 0 saturated carbocycles. The van der Waals surface area contributed by atoms with Gasteiger partial charge in [-0.1, -0.05) is 11.6 Å². The van der Waals surface area contributed by atoms with Gasteiger partial charge in [0.25, 0.3) is 0 Å². The Kier molecular flexibility index (Phi) is 3.01. The molecule has 1 radical (unpaired) electrons. The van der Waals surface area contributed by atoms with Gasteiger partial charge < -0.3 is 0 Å². The van der Waals surface area contributed by atoms with Gasteiger partial charge in [-0.25, -0.2) is 4.39 Å². The zero-order valence-electron chi connectivity index (χ0n) is 2.34. The van der Waals surface area contributed by atoms with Crippen molar-refractivity contribution < 1.29 is 4.39 Å². The Labute approximate surface area is 39.9 Å². The van der Waals surface area contributed by atoms with Crippen LogP contribution in [0.1, 0.15) is 0 Å². The van der Waals surface area contributed by atoms with Crippen LogP contribution in [-0.2, 0) is 0 Å². The normalized spacial score (nSPS) is 9.60. The van der Waals surface area contributed by atoms with E-state index in [1.807, 2.05) is 0 Å². The quantitative estimate of drug-likeness (QED) is 0.459. The number of alkyl halides is 1. The third-order valence-electron chi connectivity index (χ3n) is 0.101. The van der Waals surface area contributed by atoms with Crippen molar-refractivity contribution in [2.45, 2.75) is 0 Å². The number of halogens is 3. The van der Waals surface area contributed by atoms with Crippen LogP contribution in [0.4, 0.5) is 4.39 Å². The molecule has 0 heterocycles. The van der Waals surface area contributed by atoms with E-state index in [1.54, 1.807) is 0 Å². The predicted octanol–water partition coefficient (Wildman–Crippen LogP) is 1.92. The lowest BCUT2D eigenvalue weighted by atomic mass is 10.9. The molecule has 0 fully saturated rings. The van der Waals surface area contributed by atoms with Crippen LogP contribution in [0.15, 0.2) is 0 Å². The average Bonchev–Trinajstić information content (AvgIpc) is 1.38. The van der Waals surface area contributed by atoms with Crippen molar-refractivity contribution in [3.05, 3.63) is 5.63 Å². The minimum Gasteiger partial charge on any atom is -0.220 e. The van der Waals surface area contributed by atoms with Crippen molar-refractivity contribution in [3.8, 4) is 0 Å². The lowest BCUT2D eigenvalue weighted by Gasteiger charge is -1.78. The van der Waals surface area contributed by atoms with Crippen LogP contribution in [0.25, 0.3) is 0 Å². The molecule has 0 atom stereocenters. The average molecular weight is 116 g/mol. The van der Waals surface area contributed by atoms with Crippen LogP contribution < -0.4 is 0 Å². The zero-order chi connectivity index (χ0) is 4.28. The molecule has 0 aliphatic heterocycles.